The lowest BCUT2D eigenvalue weighted by Gasteiger charge is -2.29. The second-order valence-electron chi connectivity index (χ2n) is 6.14. The Balaban J connectivity index is 2.08. The van der Waals surface area contributed by atoms with Gasteiger partial charge in [-0.2, -0.15) is 13.2 Å². The van der Waals surface area contributed by atoms with Crippen molar-refractivity contribution in [2.75, 3.05) is 26.4 Å². The molecule has 0 amide bonds. The van der Waals surface area contributed by atoms with Crippen LogP contribution in [0.2, 0.25) is 0 Å². The molecule has 2 rings (SSSR count). The van der Waals surface area contributed by atoms with E-state index in [-0.39, 0.29) is 32.2 Å². The van der Waals surface area contributed by atoms with Crippen molar-refractivity contribution in [2.24, 2.45) is 0 Å². The third kappa shape index (κ3) is 6.08. The lowest BCUT2D eigenvalue weighted by Crippen LogP contribution is -2.41. The van der Waals surface area contributed by atoms with Gasteiger partial charge in [0.1, 0.15) is 19.0 Å². The molecule has 0 fully saturated rings. The molecule has 1 aromatic carbocycles. The first-order valence-corrected chi connectivity index (χ1v) is 8.74. The van der Waals surface area contributed by atoms with Crippen LogP contribution in [0, 0.1) is 17.0 Å². The van der Waals surface area contributed by atoms with Crippen LogP contribution in [-0.2, 0) is 25.5 Å². The number of carbonyl (C=O) groups is 1. The Morgan fingerprint density at radius 1 is 1.24 bits per heavy atom. The molecule has 1 aliphatic rings. The molecule has 0 saturated carbocycles. The average molecular weight is 419 g/mol. The molecule has 1 atom stereocenters. The van der Waals surface area contributed by atoms with Crippen molar-refractivity contribution in [3.63, 3.8) is 0 Å². The Labute approximate surface area is 164 Å². The number of fused-ring (bicyclic) bond motifs is 1. The number of ether oxygens (including phenoxy) is 3. The Hall–Kier alpha value is -2.82. The first kappa shape index (κ1) is 22.5. The smallest absolute Gasteiger partial charge is 0.430 e. The van der Waals surface area contributed by atoms with E-state index in [0.717, 1.165) is 11.6 Å². The number of alkyl halides is 3. The molecule has 1 heterocycles. The second kappa shape index (κ2) is 9.59. The molecular weight excluding hydrogens is 399 g/mol. The van der Waals surface area contributed by atoms with Gasteiger partial charge in [-0.1, -0.05) is 13.0 Å². The van der Waals surface area contributed by atoms with Crippen molar-refractivity contribution in [3.05, 3.63) is 44.5 Å². The molecule has 1 aromatic rings. The number of aryl methyl sites for hydroxylation is 2. The number of hydrogen-bond donors (Lipinski definition) is 0. The fourth-order valence-electron chi connectivity index (χ4n) is 2.77. The summed E-state index contributed by atoms with van der Waals surface area (Å²) in [4.78, 5) is 26.2. The van der Waals surface area contributed by atoms with Crippen LogP contribution in [-0.4, -0.2) is 49.8 Å². The normalized spacial score (nSPS) is 15.8. The SMILES string of the molecule is CCc1cc(C)cc2c1O[C@H](C(F)(F)F)C(C(=O)OCCOCCO[N+](=O)[O-])=C2. The van der Waals surface area contributed by atoms with E-state index >= 15 is 0 Å². The number of hydrogen-bond acceptors (Lipinski definition) is 7. The molecule has 0 bridgehead atoms. The molecule has 0 aromatic heterocycles. The minimum Gasteiger partial charge on any atom is -0.475 e. The Bertz CT molecular complexity index is 792. The summed E-state index contributed by atoms with van der Waals surface area (Å²) in [6.45, 7) is 2.65. The van der Waals surface area contributed by atoms with E-state index in [1.54, 1.807) is 26.0 Å². The number of benzene rings is 1. The van der Waals surface area contributed by atoms with Gasteiger partial charge in [-0.05, 0) is 36.6 Å². The van der Waals surface area contributed by atoms with E-state index < -0.39 is 28.9 Å². The lowest BCUT2D eigenvalue weighted by atomic mass is 9.96. The summed E-state index contributed by atoms with van der Waals surface area (Å²) in [5.74, 6) is -1.08. The van der Waals surface area contributed by atoms with E-state index in [0.29, 0.717) is 17.5 Å². The standard InChI is InChI=1S/C18H20F3NO7/c1-3-12-8-11(2)9-13-10-14(16(18(19,20)21)29-15(12)13)17(23)27-6-4-26-5-7-28-22(24)25/h8-10,16H,3-7H2,1-2H3/t16-/m0/s1. The van der Waals surface area contributed by atoms with E-state index in [2.05, 4.69) is 4.84 Å². The molecule has 0 radical (unpaired) electrons. The number of esters is 1. The van der Waals surface area contributed by atoms with Crippen molar-refractivity contribution in [1.82, 2.24) is 0 Å². The monoisotopic (exact) mass is 419 g/mol. The van der Waals surface area contributed by atoms with Crippen LogP contribution in [0.25, 0.3) is 6.08 Å². The third-order valence-corrected chi connectivity index (χ3v) is 3.97. The summed E-state index contributed by atoms with van der Waals surface area (Å²) < 4.78 is 55.4. The zero-order chi connectivity index (χ0) is 21.6. The number of carbonyl (C=O) groups excluding carboxylic acids is 1. The molecule has 1 aliphatic heterocycles. The summed E-state index contributed by atoms with van der Waals surface area (Å²) in [5.41, 5.74) is 1.16. The second-order valence-corrected chi connectivity index (χ2v) is 6.14. The molecule has 0 unspecified atom stereocenters. The number of nitrogens with zero attached hydrogens (tertiary/aromatic N) is 1. The van der Waals surface area contributed by atoms with E-state index in [1.165, 1.54) is 0 Å². The zero-order valence-corrected chi connectivity index (χ0v) is 15.8. The molecule has 0 aliphatic carbocycles. The van der Waals surface area contributed by atoms with Gasteiger partial charge in [0.15, 0.2) is 0 Å². The van der Waals surface area contributed by atoms with Gasteiger partial charge < -0.3 is 19.0 Å². The highest BCUT2D eigenvalue weighted by atomic mass is 19.4. The Morgan fingerprint density at radius 3 is 2.55 bits per heavy atom. The van der Waals surface area contributed by atoms with E-state index in [1.807, 2.05) is 0 Å². The van der Waals surface area contributed by atoms with Crippen molar-refractivity contribution < 1.29 is 42.1 Å². The van der Waals surface area contributed by atoms with Crippen LogP contribution in [0.1, 0.15) is 23.6 Å². The highest BCUT2D eigenvalue weighted by Crippen LogP contribution is 2.40. The maximum atomic E-state index is 13.5. The summed E-state index contributed by atoms with van der Waals surface area (Å²) in [7, 11) is 0. The van der Waals surface area contributed by atoms with Gasteiger partial charge >= 0.3 is 12.1 Å². The Morgan fingerprint density at radius 2 is 1.93 bits per heavy atom. The summed E-state index contributed by atoms with van der Waals surface area (Å²) >= 11 is 0. The van der Waals surface area contributed by atoms with Gasteiger partial charge in [0.2, 0.25) is 6.10 Å². The predicted octanol–water partition coefficient (Wildman–Crippen LogP) is 3.03. The van der Waals surface area contributed by atoms with Crippen LogP contribution >= 0.6 is 0 Å². The summed E-state index contributed by atoms with van der Waals surface area (Å²) in [6, 6.07) is 3.37. The summed E-state index contributed by atoms with van der Waals surface area (Å²) in [5, 5.41) is 8.98. The van der Waals surface area contributed by atoms with E-state index in [4.69, 9.17) is 14.2 Å². The maximum absolute atomic E-state index is 13.5. The molecule has 29 heavy (non-hydrogen) atoms. The van der Waals surface area contributed by atoms with Gasteiger partial charge in [0, 0.05) is 5.56 Å². The van der Waals surface area contributed by atoms with E-state index in [9.17, 15) is 28.1 Å². The molecular formula is C18H20F3NO7. The molecule has 0 spiro atoms. The third-order valence-electron chi connectivity index (χ3n) is 3.97. The molecule has 11 heteroatoms. The first-order chi connectivity index (χ1) is 13.6. The van der Waals surface area contributed by atoms with Crippen LogP contribution in [0.15, 0.2) is 17.7 Å². The minimum atomic E-state index is -4.81. The van der Waals surface area contributed by atoms with Gasteiger partial charge in [0.05, 0.1) is 18.8 Å². The average Bonchev–Trinajstić information content (AvgIpc) is 2.64. The fraction of sp³-hybridized carbons (Fsp3) is 0.500. The van der Waals surface area contributed by atoms with Crippen LogP contribution in [0.5, 0.6) is 5.75 Å². The minimum absolute atomic E-state index is 0.103. The Kier molecular flexibility index (Phi) is 7.43. The predicted molar refractivity (Wildman–Crippen MR) is 93.7 cm³/mol. The van der Waals surface area contributed by atoms with Gasteiger partial charge in [-0.25, -0.2) is 4.79 Å². The van der Waals surface area contributed by atoms with Crippen LogP contribution in [0.3, 0.4) is 0 Å². The molecule has 0 saturated heterocycles. The van der Waals surface area contributed by atoms with Crippen molar-refractivity contribution in [3.8, 4) is 5.75 Å². The van der Waals surface area contributed by atoms with Gasteiger partial charge in [-0.15, -0.1) is 10.1 Å². The number of halogens is 3. The van der Waals surface area contributed by atoms with Crippen molar-refractivity contribution >= 4 is 12.0 Å². The van der Waals surface area contributed by atoms with Crippen molar-refractivity contribution in [1.29, 1.82) is 0 Å². The molecule has 8 nitrogen and oxygen atoms in total. The first-order valence-electron chi connectivity index (χ1n) is 8.74. The fourth-order valence-corrected chi connectivity index (χ4v) is 2.77. The highest BCUT2D eigenvalue weighted by molar-refractivity contribution is 5.96. The lowest BCUT2D eigenvalue weighted by molar-refractivity contribution is -0.758. The summed E-state index contributed by atoms with van der Waals surface area (Å²) in [6.07, 6.45) is -5.64. The maximum Gasteiger partial charge on any atom is 0.430 e. The largest absolute Gasteiger partial charge is 0.475 e. The molecule has 0 N–H and O–H groups in total. The van der Waals surface area contributed by atoms with Gasteiger partial charge in [0.25, 0.3) is 5.09 Å². The van der Waals surface area contributed by atoms with Crippen LogP contribution in [0.4, 0.5) is 13.2 Å². The van der Waals surface area contributed by atoms with Crippen LogP contribution < -0.4 is 4.74 Å². The quantitative estimate of drug-likeness (QED) is 0.263. The van der Waals surface area contributed by atoms with Gasteiger partial charge in [-0.3, -0.25) is 0 Å². The molecule has 160 valence electrons. The number of rotatable bonds is 9. The zero-order valence-electron chi connectivity index (χ0n) is 15.8. The highest BCUT2D eigenvalue weighted by Gasteiger charge is 2.49. The topological polar surface area (TPSA) is 97.1 Å². The van der Waals surface area contributed by atoms with Crippen molar-refractivity contribution in [2.45, 2.75) is 32.5 Å².